The fourth-order valence-corrected chi connectivity index (χ4v) is 2.45. The van der Waals surface area contributed by atoms with Crippen LogP contribution < -0.4 is 5.32 Å². The van der Waals surface area contributed by atoms with Crippen molar-refractivity contribution in [1.29, 1.82) is 0 Å². The minimum Gasteiger partial charge on any atom is -0.344 e. The summed E-state index contributed by atoms with van der Waals surface area (Å²) in [5.41, 5.74) is -0.0145. The van der Waals surface area contributed by atoms with Crippen molar-refractivity contribution >= 4 is 67.6 Å². The first kappa shape index (κ1) is 15.5. The molecule has 0 unspecified atom stereocenters. The van der Waals surface area contributed by atoms with Crippen LogP contribution in [0.1, 0.15) is 17.3 Å². The molecule has 0 spiro atoms. The van der Waals surface area contributed by atoms with E-state index in [9.17, 15) is 4.79 Å². The third-order valence-corrected chi connectivity index (χ3v) is 4.72. The van der Waals surface area contributed by atoms with Gasteiger partial charge in [0.15, 0.2) is 0 Å². The maximum atomic E-state index is 12.1. The lowest BCUT2D eigenvalue weighted by molar-refractivity contribution is 0.0920. The molecule has 0 atom stereocenters. The van der Waals surface area contributed by atoms with Crippen LogP contribution in [0, 0.1) is 3.57 Å². The zero-order chi connectivity index (χ0) is 13.1. The van der Waals surface area contributed by atoms with Crippen molar-refractivity contribution in [1.82, 2.24) is 5.32 Å². The lowest BCUT2D eigenvalue weighted by Gasteiger charge is -2.26. The number of hydrogen-bond donors (Lipinski definition) is 1. The highest BCUT2D eigenvalue weighted by Gasteiger charge is 2.25. The Morgan fingerprint density at radius 3 is 2.59 bits per heavy atom. The number of carbonyl (C=O) groups excluding carboxylic acids is 1. The number of carbonyl (C=O) groups is 1. The maximum absolute atomic E-state index is 12.1. The van der Waals surface area contributed by atoms with Gasteiger partial charge in [0.1, 0.15) is 0 Å². The molecular formula is C11H11BrCl2INO. The molecule has 0 bridgehead atoms. The van der Waals surface area contributed by atoms with Crippen LogP contribution in [0.3, 0.4) is 0 Å². The molecule has 1 amide bonds. The second-order valence-electron chi connectivity index (χ2n) is 3.91. The van der Waals surface area contributed by atoms with Gasteiger partial charge in [0.2, 0.25) is 0 Å². The Bertz CT molecular complexity index is 424. The van der Waals surface area contributed by atoms with Crippen LogP contribution in [-0.4, -0.2) is 23.2 Å². The molecule has 1 rings (SSSR count). The second-order valence-corrected chi connectivity index (χ2v) is 6.54. The van der Waals surface area contributed by atoms with E-state index in [-0.39, 0.29) is 17.7 Å². The Hall–Kier alpha value is 0.480. The third kappa shape index (κ3) is 4.26. The van der Waals surface area contributed by atoms with Crippen LogP contribution in [0.2, 0.25) is 0 Å². The predicted molar refractivity (Wildman–Crippen MR) is 84.2 cm³/mol. The van der Waals surface area contributed by atoms with Crippen LogP contribution in [0.25, 0.3) is 0 Å². The first-order valence-electron chi connectivity index (χ1n) is 4.81. The summed E-state index contributed by atoms with van der Waals surface area (Å²) < 4.78 is 1.75. The van der Waals surface area contributed by atoms with E-state index in [1.807, 2.05) is 25.1 Å². The average Bonchev–Trinajstić information content (AvgIpc) is 2.32. The molecule has 1 aromatic carbocycles. The van der Waals surface area contributed by atoms with E-state index in [2.05, 4.69) is 43.8 Å². The molecule has 0 heterocycles. The van der Waals surface area contributed by atoms with Crippen molar-refractivity contribution in [2.75, 3.05) is 11.8 Å². The monoisotopic (exact) mass is 449 g/mol. The fourth-order valence-electron chi connectivity index (χ4n) is 1.12. The van der Waals surface area contributed by atoms with Gasteiger partial charge in [-0.2, -0.15) is 0 Å². The molecule has 0 aliphatic heterocycles. The highest BCUT2D eigenvalue weighted by molar-refractivity contribution is 14.1. The quantitative estimate of drug-likeness (QED) is 0.545. The van der Waals surface area contributed by atoms with E-state index in [4.69, 9.17) is 23.2 Å². The van der Waals surface area contributed by atoms with Crippen LogP contribution in [-0.2, 0) is 0 Å². The van der Waals surface area contributed by atoms with Crippen LogP contribution in [0.4, 0.5) is 0 Å². The molecule has 0 saturated heterocycles. The Morgan fingerprint density at radius 2 is 2.06 bits per heavy atom. The highest BCUT2D eigenvalue weighted by Crippen LogP contribution is 2.20. The van der Waals surface area contributed by atoms with Crippen LogP contribution in [0.5, 0.6) is 0 Å². The summed E-state index contributed by atoms with van der Waals surface area (Å²) in [5, 5.41) is 2.84. The molecule has 0 saturated carbocycles. The van der Waals surface area contributed by atoms with E-state index in [1.165, 1.54) is 0 Å². The Balaban J connectivity index is 2.94. The number of nitrogens with one attached hydrogen (secondary N) is 1. The van der Waals surface area contributed by atoms with Gasteiger partial charge in [0.05, 0.1) is 11.1 Å². The topological polar surface area (TPSA) is 29.1 Å². The van der Waals surface area contributed by atoms with Crippen molar-refractivity contribution < 1.29 is 4.79 Å². The Kier molecular flexibility index (Phi) is 6.02. The van der Waals surface area contributed by atoms with Gasteiger partial charge in [0.25, 0.3) is 5.91 Å². The van der Waals surface area contributed by atoms with E-state index < -0.39 is 5.54 Å². The predicted octanol–water partition coefficient (Wildman–Crippen LogP) is 4.02. The third-order valence-electron chi connectivity index (χ3n) is 2.18. The molecule has 0 aromatic heterocycles. The smallest absolute Gasteiger partial charge is 0.252 e. The zero-order valence-corrected chi connectivity index (χ0v) is 14.3. The molecule has 2 nitrogen and oxygen atoms in total. The Labute approximate surface area is 133 Å². The summed E-state index contributed by atoms with van der Waals surface area (Å²) in [5.74, 6) is 0.354. The lowest BCUT2D eigenvalue weighted by atomic mass is 10.1. The van der Waals surface area contributed by atoms with Crippen molar-refractivity contribution in [3.8, 4) is 0 Å². The molecule has 0 aliphatic carbocycles. The standard InChI is InChI=1S/C11H11BrCl2INO/c1-11(5-13,6-14)16-10(17)8-4-7(15)2-3-9(8)12/h2-4H,5-6H2,1H3,(H,16,17). The van der Waals surface area contributed by atoms with Gasteiger partial charge < -0.3 is 5.32 Å². The molecule has 0 radical (unpaired) electrons. The van der Waals surface area contributed by atoms with E-state index in [0.29, 0.717) is 5.56 Å². The van der Waals surface area contributed by atoms with Crippen molar-refractivity contribution in [2.45, 2.75) is 12.5 Å². The summed E-state index contributed by atoms with van der Waals surface area (Å²) >= 11 is 17.1. The van der Waals surface area contributed by atoms with Gasteiger partial charge in [-0.15, -0.1) is 23.2 Å². The van der Waals surface area contributed by atoms with E-state index in [0.717, 1.165) is 8.04 Å². The molecule has 0 aliphatic rings. The zero-order valence-electron chi connectivity index (χ0n) is 9.07. The van der Waals surface area contributed by atoms with Crippen molar-refractivity contribution in [3.05, 3.63) is 31.8 Å². The minimum absolute atomic E-state index is 0.181. The average molecular weight is 451 g/mol. The number of alkyl halides is 2. The minimum atomic E-state index is -0.596. The van der Waals surface area contributed by atoms with Gasteiger partial charge in [-0.25, -0.2) is 0 Å². The normalized spacial score (nSPS) is 11.4. The highest BCUT2D eigenvalue weighted by atomic mass is 127. The van der Waals surface area contributed by atoms with E-state index in [1.54, 1.807) is 0 Å². The maximum Gasteiger partial charge on any atom is 0.252 e. The van der Waals surface area contributed by atoms with Crippen LogP contribution >= 0.6 is 61.7 Å². The molecule has 94 valence electrons. The SMILES string of the molecule is CC(CCl)(CCl)NC(=O)c1cc(I)ccc1Br. The van der Waals surface area contributed by atoms with Gasteiger partial charge in [-0.1, -0.05) is 0 Å². The summed E-state index contributed by atoms with van der Waals surface area (Å²) in [7, 11) is 0. The fraction of sp³-hybridized carbons (Fsp3) is 0.364. The molecule has 17 heavy (non-hydrogen) atoms. The number of halogens is 4. The van der Waals surface area contributed by atoms with Gasteiger partial charge in [-0.3, -0.25) is 4.79 Å². The number of amides is 1. The second kappa shape index (κ2) is 6.59. The first-order valence-corrected chi connectivity index (χ1v) is 7.75. The summed E-state index contributed by atoms with van der Waals surface area (Å²) in [6, 6.07) is 5.57. The number of benzene rings is 1. The largest absolute Gasteiger partial charge is 0.344 e. The summed E-state index contributed by atoms with van der Waals surface area (Å²) in [6.45, 7) is 1.81. The molecular weight excluding hydrogens is 440 g/mol. The summed E-state index contributed by atoms with van der Waals surface area (Å²) in [6.07, 6.45) is 0. The van der Waals surface area contributed by atoms with Gasteiger partial charge in [-0.05, 0) is 63.6 Å². The van der Waals surface area contributed by atoms with E-state index >= 15 is 0 Å². The number of rotatable bonds is 4. The van der Waals surface area contributed by atoms with Gasteiger partial charge in [0, 0.05) is 19.8 Å². The van der Waals surface area contributed by atoms with Crippen molar-refractivity contribution in [3.63, 3.8) is 0 Å². The molecule has 1 N–H and O–H groups in total. The van der Waals surface area contributed by atoms with Crippen LogP contribution in [0.15, 0.2) is 22.7 Å². The Morgan fingerprint density at radius 1 is 1.47 bits per heavy atom. The molecule has 6 heteroatoms. The van der Waals surface area contributed by atoms with Gasteiger partial charge >= 0.3 is 0 Å². The number of hydrogen-bond acceptors (Lipinski definition) is 1. The van der Waals surface area contributed by atoms with Crippen molar-refractivity contribution in [2.24, 2.45) is 0 Å². The first-order chi connectivity index (χ1) is 7.91. The molecule has 0 fully saturated rings. The lowest BCUT2D eigenvalue weighted by Crippen LogP contribution is -2.49. The summed E-state index contributed by atoms with van der Waals surface area (Å²) in [4.78, 5) is 12.1. The molecule has 1 aromatic rings.